The molecule has 1 amide bonds. The van der Waals surface area contributed by atoms with Crippen LogP contribution < -0.4 is 5.32 Å². The maximum atomic E-state index is 12.5. The Balaban J connectivity index is 1.17. The van der Waals surface area contributed by atoms with Crippen molar-refractivity contribution >= 4 is 5.91 Å². The Labute approximate surface area is 197 Å². The van der Waals surface area contributed by atoms with E-state index in [2.05, 4.69) is 60.8 Å². The molecule has 32 heavy (non-hydrogen) atoms. The number of nitrogens with one attached hydrogen (secondary N) is 1. The van der Waals surface area contributed by atoms with Crippen LogP contribution in [0.15, 0.2) is 48.6 Å². The zero-order chi connectivity index (χ0) is 22.5. The summed E-state index contributed by atoms with van der Waals surface area (Å²) in [6.45, 7) is 2.25. The van der Waals surface area contributed by atoms with Gasteiger partial charge in [0.2, 0.25) is 5.91 Å². The van der Waals surface area contributed by atoms with E-state index in [4.69, 9.17) is 0 Å². The van der Waals surface area contributed by atoms with Gasteiger partial charge in [-0.3, -0.25) is 4.79 Å². The van der Waals surface area contributed by atoms with Crippen molar-refractivity contribution in [3.8, 4) is 0 Å². The van der Waals surface area contributed by atoms with Crippen molar-refractivity contribution in [3.63, 3.8) is 0 Å². The Kier molecular flexibility index (Phi) is 10.9. The van der Waals surface area contributed by atoms with Gasteiger partial charge in [-0.25, -0.2) is 0 Å². The second-order valence-corrected chi connectivity index (χ2v) is 10.7. The van der Waals surface area contributed by atoms with E-state index in [1.807, 2.05) is 0 Å². The lowest BCUT2D eigenvalue weighted by Crippen LogP contribution is -2.59. The normalized spacial score (nSPS) is 29.3. The lowest BCUT2D eigenvalue weighted by Gasteiger charge is -2.56. The third kappa shape index (κ3) is 8.75. The molecule has 0 atom stereocenters. The summed E-state index contributed by atoms with van der Waals surface area (Å²) < 4.78 is 0. The molecule has 4 bridgehead atoms. The Hall–Kier alpha value is -1.57. The second kappa shape index (κ2) is 13.9. The fourth-order valence-electron chi connectivity index (χ4n) is 6.56. The Morgan fingerprint density at radius 1 is 0.719 bits per heavy atom. The Morgan fingerprint density at radius 2 is 1.19 bits per heavy atom. The molecule has 4 aliphatic rings. The smallest absolute Gasteiger partial charge is 0.220 e. The van der Waals surface area contributed by atoms with Gasteiger partial charge in [-0.05, 0) is 101 Å². The SMILES string of the molecule is CCCCC/C=C\C/C=C\C/C=C\C/C=C\CCCC(=O)NC12CC3CC(CC(C3)C1)C2. The second-order valence-electron chi connectivity index (χ2n) is 10.7. The van der Waals surface area contributed by atoms with Gasteiger partial charge in [0.05, 0.1) is 0 Å². The summed E-state index contributed by atoms with van der Waals surface area (Å²) in [6, 6.07) is 0. The molecule has 2 heteroatoms. The van der Waals surface area contributed by atoms with Gasteiger partial charge in [-0.1, -0.05) is 68.4 Å². The monoisotopic (exact) mass is 437 g/mol. The molecule has 0 aromatic carbocycles. The molecule has 4 aliphatic carbocycles. The van der Waals surface area contributed by atoms with Crippen molar-refractivity contribution in [2.24, 2.45) is 17.8 Å². The molecule has 2 nitrogen and oxygen atoms in total. The molecule has 0 aromatic rings. The maximum Gasteiger partial charge on any atom is 0.220 e. The van der Waals surface area contributed by atoms with E-state index >= 15 is 0 Å². The highest BCUT2D eigenvalue weighted by Gasteiger charge is 2.51. The minimum absolute atomic E-state index is 0.172. The molecule has 4 fully saturated rings. The van der Waals surface area contributed by atoms with Crippen LogP contribution in [0.3, 0.4) is 0 Å². The van der Waals surface area contributed by atoms with E-state index in [9.17, 15) is 4.79 Å². The number of allylic oxidation sites excluding steroid dienone is 8. The van der Waals surface area contributed by atoms with Gasteiger partial charge >= 0.3 is 0 Å². The van der Waals surface area contributed by atoms with Crippen molar-refractivity contribution in [1.82, 2.24) is 5.32 Å². The minimum atomic E-state index is 0.172. The van der Waals surface area contributed by atoms with Crippen LogP contribution in [0.4, 0.5) is 0 Å². The highest BCUT2D eigenvalue weighted by atomic mass is 16.1. The van der Waals surface area contributed by atoms with Gasteiger partial charge in [0.25, 0.3) is 0 Å². The van der Waals surface area contributed by atoms with Gasteiger partial charge < -0.3 is 5.32 Å². The summed E-state index contributed by atoms with van der Waals surface area (Å²) in [4.78, 5) is 12.5. The fraction of sp³-hybridized carbons (Fsp3) is 0.700. The number of hydrogen-bond acceptors (Lipinski definition) is 1. The maximum absolute atomic E-state index is 12.5. The quantitative estimate of drug-likeness (QED) is 0.203. The molecule has 0 aliphatic heterocycles. The lowest BCUT2D eigenvalue weighted by atomic mass is 9.53. The molecule has 4 saturated carbocycles. The summed E-state index contributed by atoms with van der Waals surface area (Å²) in [6.07, 6.45) is 37.0. The van der Waals surface area contributed by atoms with Crippen LogP contribution >= 0.6 is 0 Å². The van der Waals surface area contributed by atoms with E-state index in [-0.39, 0.29) is 5.54 Å². The molecule has 0 saturated heterocycles. The summed E-state index contributed by atoms with van der Waals surface area (Å²) in [5.41, 5.74) is 0.172. The summed E-state index contributed by atoms with van der Waals surface area (Å²) >= 11 is 0. The van der Waals surface area contributed by atoms with Crippen molar-refractivity contribution < 1.29 is 4.79 Å². The number of carbonyl (C=O) groups excluding carboxylic acids is 1. The first-order chi connectivity index (χ1) is 15.7. The van der Waals surface area contributed by atoms with E-state index < -0.39 is 0 Å². The van der Waals surface area contributed by atoms with Gasteiger partial charge in [-0.15, -0.1) is 0 Å². The third-order valence-electron chi connectivity index (χ3n) is 7.67. The van der Waals surface area contributed by atoms with Crippen molar-refractivity contribution in [2.75, 3.05) is 0 Å². The molecule has 0 radical (unpaired) electrons. The third-order valence-corrected chi connectivity index (χ3v) is 7.67. The number of rotatable bonds is 15. The minimum Gasteiger partial charge on any atom is -0.351 e. The van der Waals surface area contributed by atoms with Gasteiger partial charge in [0.1, 0.15) is 0 Å². The molecule has 0 unspecified atom stereocenters. The highest BCUT2D eigenvalue weighted by Crippen LogP contribution is 2.55. The van der Waals surface area contributed by atoms with Crippen molar-refractivity contribution in [1.29, 1.82) is 0 Å². The topological polar surface area (TPSA) is 29.1 Å². The lowest BCUT2D eigenvalue weighted by molar-refractivity contribution is -0.126. The van der Waals surface area contributed by atoms with Crippen molar-refractivity contribution in [3.05, 3.63) is 48.6 Å². The van der Waals surface area contributed by atoms with Crippen LogP contribution in [0.5, 0.6) is 0 Å². The number of unbranched alkanes of at least 4 members (excludes halogenated alkanes) is 4. The first-order valence-electron chi connectivity index (χ1n) is 13.6. The fourth-order valence-corrected chi connectivity index (χ4v) is 6.56. The molecular weight excluding hydrogens is 390 g/mol. The molecule has 0 heterocycles. The molecule has 0 aromatic heterocycles. The summed E-state index contributed by atoms with van der Waals surface area (Å²) in [5.74, 6) is 2.98. The van der Waals surface area contributed by atoms with E-state index in [0.29, 0.717) is 12.3 Å². The van der Waals surface area contributed by atoms with Crippen molar-refractivity contribution in [2.45, 2.75) is 115 Å². The Bertz CT molecular complexity index is 633. The van der Waals surface area contributed by atoms with Crippen LogP contribution in [0.1, 0.15) is 110 Å². The number of carbonyl (C=O) groups is 1. The molecule has 4 rings (SSSR count). The summed E-state index contributed by atoms with van der Waals surface area (Å²) in [5, 5.41) is 3.49. The van der Waals surface area contributed by atoms with Crippen LogP contribution in [-0.4, -0.2) is 11.4 Å². The van der Waals surface area contributed by atoms with Crippen LogP contribution in [-0.2, 0) is 4.79 Å². The number of amides is 1. The zero-order valence-corrected chi connectivity index (χ0v) is 20.6. The first-order valence-corrected chi connectivity index (χ1v) is 13.6. The van der Waals surface area contributed by atoms with E-state index in [0.717, 1.165) is 49.9 Å². The molecule has 1 N–H and O–H groups in total. The Morgan fingerprint density at radius 3 is 1.69 bits per heavy atom. The van der Waals surface area contributed by atoms with Crippen LogP contribution in [0.2, 0.25) is 0 Å². The van der Waals surface area contributed by atoms with Gasteiger partial charge in [0.15, 0.2) is 0 Å². The highest BCUT2D eigenvalue weighted by molar-refractivity contribution is 5.76. The molecular formula is C30H47NO. The predicted octanol–water partition coefficient (Wildman–Crippen LogP) is 8.22. The average molecular weight is 438 g/mol. The zero-order valence-electron chi connectivity index (χ0n) is 20.6. The van der Waals surface area contributed by atoms with Crippen LogP contribution in [0, 0.1) is 17.8 Å². The van der Waals surface area contributed by atoms with Crippen LogP contribution in [0.25, 0.3) is 0 Å². The van der Waals surface area contributed by atoms with Gasteiger partial charge in [0, 0.05) is 12.0 Å². The molecule has 178 valence electrons. The summed E-state index contributed by atoms with van der Waals surface area (Å²) in [7, 11) is 0. The number of hydrogen-bond donors (Lipinski definition) is 1. The first kappa shape index (κ1) is 25.1. The van der Waals surface area contributed by atoms with Gasteiger partial charge in [-0.2, -0.15) is 0 Å². The average Bonchev–Trinajstić information content (AvgIpc) is 2.74. The standard InChI is InChI=1S/C30H47NO/c1-2-3-4-5-6-7-8-9-10-11-12-13-14-15-16-17-18-19-29(32)31-30-23-26-20-27(24-30)22-28(21-26)25-30/h6-7,9-10,12-13,15-16,26-28H,2-5,8,11,14,17-25H2,1H3,(H,31,32)/b7-6-,10-9-,13-12-,16-15-. The van der Waals surface area contributed by atoms with E-state index in [1.54, 1.807) is 0 Å². The van der Waals surface area contributed by atoms with E-state index in [1.165, 1.54) is 64.2 Å². The predicted molar refractivity (Wildman–Crippen MR) is 137 cm³/mol. The largest absolute Gasteiger partial charge is 0.351 e. The molecule has 0 spiro atoms.